The van der Waals surface area contributed by atoms with Crippen LogP contribution in [0.5, 0.6) is 0 Å². The van der Waals surface area contributed by atoms with Crippen LogP contribution in [-0.4, -0.2) is 33.6 Å². The molecule has 3 N–H and O–H groups in total. The number of rotatable bonds is 4. The maximum atomic E-state index is 11.1. The standard InChI is InChI=1S/C8H10N4O3/c13-7(14)1-2-11-8(15)12-6-5-9-3-4-10-6/h3-5H,1-2H2,(H,13,14)(H2,10,11,12,15). The van der Waals surface area contributed by atoms with Crippen molar-refractivity contribution in [1.82, 2.24) is 15.3 Å². The molecule has 0 fully saturated rings. The van der Waals surface area contributed by atoms with Crippen LogP contribution in [0.3, 0.4) is 0 Å². The van der Waals surface area contributed by atoms with Gasteiger partial charge in [0.1, 0.15) is 0 Å². The Morgan fingerprint density at radius 2 is 2.20 bits per heavy atom. The van der Waals surface area contributed by atoms with Crippen molar-refractivity contribution in [1.29, 1.82) is 0 Å². The van der Waals surface area contributed by atoms with E-state index in [0.29, 0.717) is 5.82 Å². The van der Waals surface area contributed by atoms with Gasteiger partial charge in [-0.3, -0.25) is 15.1 Å². The summed E-state index contributed by atoms with van der Waals surface area (Å²) in [5, 5.41) is 13.1. The summed E-state index contributed by atoms with van der Waals surface area (Å²) in [6.45, 7) is 0.0709. The van der Waals surface area contributed by atoms with E-state index in [9.17, 15) is 9.59 Å². The number of hydrogen-bond donors (Lipinski definition) is 3. The number of carbonyl (C=O) groups excluding carboxylic acids is 1. The first-order chi connectivity index (χ1) is 7.18. The molecule has 7 nitrogen and oxygen atoms in total. The van der Waals surface area contributed by atoms with Gasteiger partial charge in [-0.05, 0) is 0 Å². The summed E-state index contributed by atoms with van der Waals surface area (Å²) in [5.41, 5.74) is 0. The average Bonchev–Trinajstić information content (AvgIpc) is 2.18. The maximum Gasteiger partial charge on any atom is 0.320 e. The zero-order valence-corrected chi connectivity index (χ0v) is 7.80. The molecule has 80 valence electrons. The van der Waals surface area contributed by atoms with Crippen molar-refractivity contribution in [3.8, 4) is 0 Å². The minimum atomic E-state index is -0.963. The third kappa shape index (κ3) is 4.55. The lowest BCUT2D eigenvalue weighted by atomic mass is 10.4. The minimum absolute atomic E-state index is 0.0709. The lowest BCUT2D eigenvalue weighted by Crippen LogP contribution is -2.30. The van der Waals surface area contributed by atoms with Crippen LogP contribution in [0.4, 0.5) is 10.6 Å². The molecule has 1 rings (SSSR count). The van der Waals surface area contributed by atoms with E-state index in [-0.39, 0.29) is 13.0 Å². The molecule has 0 aromatic carbocycles. The Balaban J connectivity index is 2.28. The highest BCUT2D eigenvalue weighted by molar-refractivity contribution is 5.88. The fourth-order valence-electron chi connectivity index (χ4n) is 0.807. The Morgan fingerprint density at radius 1 is 1.40 bits per heavy atom. The molecule has 0 aliphatic heterocycles. The van der Waals surface area contributed by atoms with Crippen LogP contribution in [0.2, 0.25) is 0 Å². The van der Waals surface area contributed by atoms with Gasteiger partial charge in [0.05, 0.1) is 12.6 Å². The van der Waals surface area contributed by atoms with E-state index in [1.165, 1.54) is 18.6 Å². The summed E-state index contributed by atoms with van der Waals surface area (Å²) in [6.07, 6.45) is 4.19. The van der Waals surface area contributed by atoms with Gasteiger partial charge in [0.15, 0.2) is 5.82 Å². The molecule has 15 heavy (non-hydrogen) atoms. The number of nitrogens with zero attached hydrogens (tertiary/aromatic N) is 2. The highest BCUT2D eigenvalue weighted by Gasteiger charge is 2.02. The van der Waals surface area contributed by atoms with Gasteiger partial charge in [-0.15, -0.1) is 0 Å². The van der Waals surface area contributed by atoms with Gasteiger partial charge in [0.25, 0.3) is 0 Å². The van der Waals surface area contributed by atoms with E-state index in [2.05, 4.69) is 20.6 Å². The normalized spacial score (nSPS) is 9.33. The number of carboxylic acids is 1. The van der Waals surface area contributed by atoms with Crippen molar-refractivity contribution < 1.29 is 14.7 Å². The molecule has 0 radical (unpaired) electrons. The Hall–Kier alpha value is -2.18. The van der Waals surface area contributed by atoms with Gasteiger partial charge < -0.3 is 10.4 Å². The van der Waals surface area contributed by atoms with Crippen molar-refractivity contribution in [2.24, 2.45) is 0 Å². The van der Waals surface area contributed by atoms with Gasteiger partial charge in [0.2, 0.25) is 0 Å². The average molecular weight is 210 g/mol. The van der Waals surface area contributed by atoms with Crippen LogP contribution >= 0.6 is 0 Å². The molecule has 1 aromatic rings. The smallest absolute Gasteiger partial charge is 0.320 e. The molecule has 1 heterocycles. The molecule has 0 aliphatic carbocycles. The summed E-state index contributed by atoms with van der Waals surface area (Å²) in [7, 11) is 0. The number of anilines is 1. The highest BCUT2D eigenvalue weighted by atomic mass is 16.4. The largest absolute Gasteiger partial charge is 0.481 e. The number of nitrogens with one attached hydrogen (secondary N) is 2. The van der Waals surface area contributed by atoms with E-state index >= 15 is 0 Å². The van der Waals surface area contributed by atoms with E-state index in [0.717, 1.165) is 0 Å². The van der Waals surface area contributed by atoms with E-state index in [1.54, 1.807) is 0 Å². The Bertz CT molecular complexity index is 341. The zero-order chi connectivity index (χ0) is 11.1. The van der Waals surface area contributed by atoms with Crippen molar-refractivity contribution >= 4 is 17.8 Å². The van der Waals surface area contributed by atoms with E-state index < -0.39 is 12.0 Å². The van der Waals surface area contributed by atoms with Gasteiger partial charge in [-0.2, -0.15) is 0 Å². The number of amides is 2. The third-order valence-electron chi connectivity index (χ3n) is 1.43. The van der Waals surface area contributed by atoms with Gasteiger partial charge >= 0.3 is 12.0 Å². The molecule has 0 bridgehead atoms. The van der Waals surface area contributed by atoms with Crippen molar-refractivity contribution in [3.63, 3.8) is 0 Å². The molecule has 0 saturated carbocycles. The van der Waals surface area contributed by atoms with Crippen LogP contribution in [-0.2, 0) is 4.79 Å². The van der Waals surface area contributed by atoms with Crippen LogP contribution in [0.1, 0.15) is 6.42 Å². The Labute approximate surface area is 85.5 Å². The summed E-state index contributed by atoms with van der Waals surface area (Å²) in [4.78, 5) is 28.8. The molecular weight excluding hydrogens is 200 g/mol. The molecule has 2 amide bonds. The maximum absolute atomic E-state index is 11.1. The van der Waals surface area contributed by atoms with Crippen LogP contribution in [0.15, 0.2) is 18.6 Å². The molecule has 1 aromatic heterocycles. The van der Waals surface area contributed by atoms with Gasteiger partial charge in [-0.1, -0.05) is 0 Å². The molecule has 0 atom stereocenters. The number of carboxylic acid groups (broad SMARTS) is 1. The summed E-state index contributed by atoms with van der Waals surface area (Å²) in [6, 6.07) is -0.503. The Kier molecular flexibility index (Phi) is 4.02. The second-order valence-corrected chi connectivity index (χ2v) is 2.62. The number of urea groups is 1. The zero-order valence-electron chi connectivity index (χ0n) is 7.80. The second kappa shape index (κ2) is 5.53. The van der Waals surface area contributed by atoms with Crippen LogP contribution < -0.4 is 10.6 Å². The fourth-order valence-corrected chi connectivity index (χ4v) is 0.807. The predicted octanol–water partition coefficient (Wildman–Crippen LogP) is 0.0728. The molecule has 0 unspecified atom stereocenters. The Morgan fingerprint density at radius 3 is 2.80 bits per heavy atom. The van der Waals surface area contributed by atoms with Gasteiger partial charge in [-0.25, -0.2) is 9.78 Å². The van der Waals surface area contributed by atoms with E-state index in [1.807, 2.05) is 0 Å². The predicted molar refractivity (Wildman–Crippen MR) is 51.3 cm³/mol. The summed E-state index contributed by atoms with van der Waals surface area (Å²) >= 11 is 0. The topological polar surface area (TPSA) is 104 Å². The fraction of sp³-hybridized carbons (Fsp3) is 0.250. The quantitative estimate of drug-likeness (QED) is 0.652. The second-order valence-electron chi connectivity index (χ2n) is 2.62. The van der Waals surface area contributed by atoms with Crippen molar-refractivity contribution in [2.45, 2.75) is 6.42 Å². The lowest BCUT2D eigenvalue weighted by Gasteiger charge is -2.04. The van der Waals surface area contributed by atoms with Crippen LogP contribution in [0, 0.1) is 0 Å². The monoisotopic (exact) mass is 210 g/mol. The minimum Gasteiger partial charge on any atom is -0.481 e. The SMILES string of the molecule is O=C(O)CCNC(=O)Nc1cnccn1. The number of aromatic nitrogens is 2. The molecular formula is C8H10N4O3. The van der Waals surface area contributed by atoms with Crippen molar-refractivity contribution in [3.05, 3.63) is 18.6 Å². The molecule has 0 spiro atoms. The molecule has 7 heteroatoms. The summed E-state index contributed by atoms with van der Waals surface area (Å²) < 4.78 is 0. The van der Waals surface area contributed by atoms with E-state index in [4.69, 9.17) is 5.11 Å². The lowest BCUT2D eigenvalue weighted by molar-refractivity contribution is -0.136. The highest BCUT2D eigenvalue weighted by Crippen LogP contribution is 1.95. The number of hydrogen-bond acceptors (Lipinski definition) is 4. The first-order valence-electron chi connectivity index (χ1n) is 4.21. The van der Waals surface area contributed by atoms with Crippen molar-refractivity contribution in [2.75, 3.05) is 11.9 Å². The first-order valence-corrected chi connectivity index (χ1v) is 4.21. The van der Waals surface area contributed by atoms with Crippen LogP contribution in [0.25, 0.3) is 0 Å². The third-order valence-corrected chi connectivity index (χ3v) is 1.43. The molecule has 0 aliphatic rings. The number of carbonyl (C=O) groups is 2. The first kappa shape index (κ1) is 10.9. The molecule has 0 saturated heterocycles. The summed E-state index contributed by atoms with van der Waals surface area (Å²) in [5.74, 6) is -0.653. The van der Waals surface area contributed by atoms with Gasteiger partial charge in [0, 0.05) is 18.9 Å². The number of aliphatic carboxylic acids is 1.